The van der Waals surface area contributed by atoms with Gasteiger partial charge in [-0.05, 0) is 45.9 Å². The molecule has 2 heterocycles. The molecule has 0 saturated carbocycles. The Labute approximate surface area is 217 Å². The van der Waals surface area contributed by atoms with E-state index in [0.717, 1.165) is 11.0 Å². The number of nitrogens with one attached hydrogen (secondary N) is 1. The fourth-order valence-corrected chi connectivity index (χ4v) is 5.21. The Bertz CT molecular complexity index is 1650. The summed E-state index contributed by atoms with van der Waals surface area (Å²) in [6.45, 7) is 6.06. The third kappa shape index (κ3) is 3.37. The second-order valence-corrected chi connectivity index (χ2v) is 9.90. The number of carbonyl (C=O) groups excluding carboxylic acids is 3. The summed E-state index contributed by atoms with van der Waals surface area (Å²) in [6.07, 6.45) is 1.19. The van der Waals surface area contributed by atoms with Crippen LogP contribution >= 0.6 is 11.6 Å². The van der Waals surface area contributed by atoms with Crippen molar-refractivity contribution in [1.29, 1.82) is 0 Å². The normalized spacial score (nSPS) is 19.9. The molecule has 2 aliphatic rings. The van der Waals surface area contributed by atoms with Gasteiger partial charge in [-0.2, -0.15) is 0 Å². The number of phenolic OH excluding ortho intramolecular Hbond substituents is 2. The molecule has 5 rings (SSSR count). The smallest absolute Gasteiger partial charge is 0.194 e. The molecule has 1 unspecified atom stereocenters. The van der Waals surface area contributed by atoms with Crippen molar-refractivity contribution in [2.24, 2.45) is 7.05 Å². The number of hydrogen-bond acceptors (Lipinski definition) is 8. The molecule has 0 amide bonds. The van der Waals surface area contributed by atoms with Crippen molar-refractivity contribution in [2.75, 3.05) is 0 Å². The zero-order valence-electron chi connectivity index (χ0n) is 20.8. The van der Waals surface area contributed by atoms with Gasteiger partial charge in [0.05, 0.1) is 28.7 Å². The molecule has 1 aliphatic heterocycles. The summed E-state index contributed by atoms with van der Waals surface area (Å²) in [5.74, 6) is -1.92. The highest BCUT2D eigenvalue weighted by Gasteiger charge is 2.56. The van der Waals surface area contributed by atoms with Crippen molar-refractivity contribution in [3.05, 3.63) is 68.8 Å². The van der Waals surface area contributed by atoms with E-state index in [0.29, 0.717) is 16.5 Å². The first-order chi connectivity index (χ1) is 17.4. The predicted molar refractivity (Wildman–Crippen MR) is 136 cm³/mol. The number of nitrogens with zero attached hydrogens (tertiary/aromatic N) is 2. The van der Waals surface area contributed by atoms with Crippen LogP contribution < -0.4 is 10.1 Å². The molecule has 0 bridgehead atoms. The Morgan fingerprint density at radius 3 is 2.59 bits per heavy atom. The quantitative estimate of drug-likeness (QED) is 0.268. The Morgan fingerprint density at radius 2 is 1.92 bits per heavy atom. The third-order valence-electron chi connectivity index (χ3n) is 7.21. The summed E-state index contributed by atoms with van der Waals surface area (Å²) >= 11 is 6.08. The number of imidazole rings is 1. The number of phenols is 2. The van der Waals surface area contributed by atoms with Crippen LogP contribution in [0.5, 0.6) is 17.2 Å². The number of fused-ring (bicyclic) bond motifs is 4. The average molecular weight is 522 g/mol. The predicted octanol–water partition coefficient (Wildman–Crippen LogP) is 3.90. The van der Waals surface area contributed by atoms with Crippen LogP contribution in [0.4, 0.5) is 0 Å². The first-order valence-corrected chi connectivity index (χ1v) is 11.9. The van der Waals surface area contributed by atoms with E-state index in [1.807, 2.05) is 17.7 Å². The number of rotatable bonds is 4. The Balaban J connectivity index is 1.57. The summed E-state index contributed by atoms with van der Waals surface area (Å²) in [5, 5.41) is 25.1. The lowest BCUT2D eigenvalue weighted by molar-refractivity contribution is -0.123. The number of ketones is 3. The number of carbonyl (C=O) groups is 3. The van der Waals surface area contributed by atoms with Gasteiger partial charge in [-0.15, -0.1) is 0 Å². The lowest BCUT2D eigenvalue weighted by Crippen LogP contribution is -2.41. The molecule has 0 radical (unpaired) electrons. The van der Waals surface area contributed by atoms with Crippen LogP contribution in [0.2, 0.25) is 5.02 Å². The van der Waals surface area contributed by atoms with Gasteiger partial charge >= 0.3 is 0 Å². The standard InChI is InChI=1S/C27H24ClN3O6/c1-11-23(34)21(13(3)32)25-22(24(11)35)27(4)18(37-25)9-17(33)20(26(27)36)12(2)29-10-19-30-15-8-14(28)6-7-16(15)31(19)5/h6-9,29,34-35H,10H2,1-5H3. The fourth-order valence-electron chi connectivity index (χ4n) is 5.04. The van der Waals surface area contributed by atoms with E-state index in [1.165, 1.54) is 26.8 Å². The van der Waals surface area contributed by atoms with E-state index in [1.54, 1.807) is 19.1 Å². The number of aryl methyl sites for hydroxylation is 1. The van der Waals surface area contributed by atoms with E-state index in [9.17, 15) is 24.6 Å². The maximum Gasteiger partial charge on any atom is 0.194 e. The fraction of sp³-hybridized carbons (Fsp3) is 0.259. The number of ether oxygens (including phenoxy) is 1. The first kappa shape index (κ1) is 24.6. The van der Waals surface area contributed by atoms with E-state index in [4.69, 9.17) is 16.3 Å². The van der Waals surface area contributed by atoms with Gasteiger partial charge in [-0.1, -0.05) is 11.6 Å². The minimum Gasteiger partial charge on any atom is -0.507 e. The Kier molecular flexibility index (Phi) is 5.45. The number of aromatic nitrogens is 2. The summed E-state index contributed by atoms with van der Waals surface area (Å²) in [7, 11) is 1.86. The van der Waals surface area contributed by atoms with E-state index < -0.39 is 28.5 Å². The lowest BCUT2D eigenvalue weighted by Gasteiger charge is -2.29. The van der Waals surface area contributed by atoms with Crippen LogP contribution in [0.15, 0.2) is 41.3 Å². The lowest BCUT2D eigenvalue weighted by atomic mass is 9.70. The second kappa shape index (κ2) is 8.21. The van der Waals surface area contributed by atoms with Gasteiger partial charge in [-0.25, -0.2) is 4.98 Å². The molecule has 2 aromatic carbocycles. The monoisotopic (exact) mass is 521 g/mol. The van der Waals surface area contributed by atoms with Crippen molar-refractivity contribution in [3.63, 3.8) is 0 Å². The van der Waals surface area contributed by atoms with Crippen LogP contribution in [0.3, 0.4) is 0 Å². The van der Waals surface area contributed by atoms with Crippen molar-refractivity contribution in [3.8, 4) is 17.2 Å². The largest absolute Gasteiger partial charge is 0.507 e. The summed E-state index contributed by atoms with van der Waals surface area (Å²) in [6, 6.07) is 5.39. The number of Topliss-reactive ketones (excluding diaryl/α,β-unsaturated/α-hetero) is 2. The van der Waals surface area contributed by atoms with Crippen molar-refractivity contribution >= 4 is 40.0 Å². The summed E-state index contributed by atoms with van der Waals surface area (Å²) in [5.41, 5.74) is 0.207. The molecule has 10 heteroatoms. The molecular weight excluding hydrogens is 498 g/mol. The van der Waals surface area contributed by atoms with Gasteiger partial charge in [0.15, 0.2) is 17.3 Å². The van der Waals surface area contributed by atoms with Gasteiger partial charge in [-0.3, -0.25) is 14.4 Å². The van der Waals surface area contributed by atoms with Crippen LogP contribution in [-0.4, -0.2) is 37.1 Å². The summed E-state index contributed by atoms with van der Waals surface area (Å²) < 4.78 is 7.68. The molecule has 3 N–H and O–H groups in total. The highest BCUT2D eigenvalue weighted by Crippen LogP contribution is 2.57. The molecule has 9 nitrogen and oxygen atoms in total. The zero-order chi connectivity index (χ0) is 27.0. The molecule has 1 aromatic heterocycles. The highest BCUT2D eigenvalue weighted by molar-refractivity contribution is 6.31. The molecule has 37 heavy (non-hydrogen) atoms. The molecule has 190 valence electrons. The minimum atomic E-state index is -1.57. The van der Waals surface area contributed by atoms with Crippen molar-refractivity contribution in [1.82, 2.24) is 14.9 Å². The maximum atomic E-state index is 13.9. The van der Waals surface area contributed by atoms with Gasteiger partial charge in [0.1, 0.15) is 39.8 Å². The maximum absolute atomic E-state index is 13.9. The van der Waals surface area contributed by atoms with Crippen LogP contribution in [0, 0.1) is 6.92 Å². The third-order valence-corrected chi connectivity index (χ3v) is 7.44. The zero-order valence-corrected chi connectivity index (χ0v) is 21.6. The molecule has 3 aromatic rings. The van der Waals surface area contributed by atoms with E-state index in [-0.39, 0.29) is 46.1 Å². The Morgan fingerprint density at radius 1 is 1.22 bits per heavy atom. The molecule has 1 atom stereocenters. The van der Waals surface area contributed by atoms with Crippen LogP contribution in [0.25, 0.3) is 11.0 Å². The number of benzene rings is 2. The van der Waals surface area contributed by atoms with Crippen LogP contribution in [0.1, 0.15) is 48.1 Å². The van der Waals surface area contributed by atoms with Crippen molar-refractivity contribution < 1.29 is 29.3 Å². The molecule has 1 aliphatic carbocycles. The minimum absolute atomic E-state index is 0.0101. The summed E-state index contributed by atoms with van der Waals surface area (Å²) in [4.78, 5) is 43.9. The second-order valence-electron chi connectivity index (χ2n) is 9.46. The molecule has 0 spiro atoms. The van der Waals surface area contributed by atoms with E-state index >= 15 is 0 Å². The van der Waals surface area contributed by atoms with E-state index in [2.05, 4.69) is 10.3 Å². The van der Waals surface area contributed by atoms with Gasteiger partial charge in [0.2, 0.25) is 0 Å². The topological polar surface area (TPSA) is 131 Å². The molecular formula is C27H24ClN3O6. The first-order valence-electron chi connectivity index (χ1n) is 11.5. The number of hydrogen-bond donors (Lipinski definition) is 3. The Hall–Kier alpha value is -4.11. The number of aromatic hydroxyl groups is 2. The van der Waals surface area contributed by atoms with Crippen molar-refractivity contribution in [2.45, 2.75) is 39.7 Å². The average Bonchev–Trinajstić information content (AvgIpc) is 3.30. The number of halogens is 1. The van der Waals surface area contributed by atoms with Gasteiger partial charge in [0.25, 0.3) is 0 Å². The van der Waals surface area contributed by atoms with Gasteiger partial charge in [0, 0.05) is 29.4 Å². The number of allylic oxidation sites excluding steroid dienone is 4. The molecule has 0 saturated heterocycles. The van der Waals surface area contributed by atoms with Crippen LogP contribution in [-0.2, 0) is 28.6 Å². The van der Waals surface area contributed by atoms with Gasteiger partial charge < -0.3 is 24.8 Å². The SMILES string of the molecule is CC(=O)c1c(O)c(C)c(O)c2c1OC1=CC(=O)C(=C(C)NCc3nc4cc(Cl)ccc4n3C)C(=O)C12C. The molecule has 0 fully saturated rings. The highest BCUT2D eigenvalue weighted by atomic mass is 35.5.